The lowest BCUT2D eigenvalue weighted by Crippen LogP contribution is -1.90. The molecular formula is C12H12N2. The first-order valence-corrected chi connectivity index (χ1v) is 4.64. The van der Waals surface area contributed by atoms with Crippen LogP contribution in [0.15, 0.2) is 46.5 Å². The van der Waals surface area contributed by atoms with Gasteiger partial charge in [0.1, 0.15) is 0 Å². The summed E-state index contributed by atoms with van der Waals surface area (Å²) in [6, 6.07) is 8.16. The van der Waals surface area contributed by atoms with Gasteiger partial charge < -0.3 is 0 Å². The molecule has 0 saturated heterocycles. The molecule has 1 aromatic carbocycles. The van der Waals surface area contributed by atoms with Crippen LogP contribution in [0.4, 0.5) is 0 Å². The standard InChI is InChI=1S/C12H12N2/c1-10-6-7-13-8-11-4-2-3-5-12(11)9-14-10/h2-5,7,9H,1,6,8H2. The number of nitrogens with zero attached hydrogens (tertiary/aromatic N) is 2. The van der Waals surface area contributed by atoms with Crippen molar-refractivity contribution in [2.45, 2.75) is 13.0 Å². The molecule has 1 aliphatic heterocycles. The van der Waals surface area contributed by atoms with Crippen LogP contribution in [0.3, 0.4) is 0 Å². The average Bonchev–Trinajstić information content (AvgIpc) is 2.30. The highest BCUT2D eigenvalue weighted by molar-refractivity contribution is 5.83. The monoisotopic (exact) mass is 184 g/mol. The van der Waals surface area contributed by atoms with Gasteiger partial charge in [0.25, 0.3) is 0 Å². The summed E-state index contributed by atoms with van der Waals surface area (Å²) in [7, 11) is 0. The molecule has 0 amide bonds. The van der Waals surface area contributed by atoms with Crippen LogP contribution in [0, 0.1) is 0 Å². The Bertz CT molecular complexity index is 403. The van der Waals surface area contributed by atoms with Crippen molar-refractivity contribution in [3.63, 3.8) is 0 Å². The molecule has 0 radical (unpaired) electrons. The Labute approximate surface area is 83.7 Å². The fourth-order valence-electron chi connectivity index (χ4n) is 1.35. The van der Waals surface area contributed by atoms with Gasteiger partial charge in [0.05, 0.1) is 6.54 Å². The summed E-state index contributed by atoms with van der Waals surface area (Å²) >= 11 is 0. The van der Waals surface area contributed by atoms with Gasteiger partial charge in [-0.05, 0) is 11.1 Å². The molecule has 0 atom stereocenters. The van der Waals surface area contributed by atoms with Gasteiger partial charge in [-0.1, -0.05) is 30.8 Å². The molecule has 70 valence electrons. The van der Waals surface area contributed by atoms with E-state index in [0.717, 1.165) is 24.2 Å². The molecule has 2 heteroatoms. The molecule has 14 heavy (non-hydrogen) atoms. The first-order valence-electron chi connectivity index (χ1n) is 4.64. The normalized spacial score (nSPS) is 15.6. The Kier molecular flexibility index (Phi) is 2.54. The SMILES string of the molecule is C=C1CC=NCc2ccccc2C=N1. The molecule has 2 rings (SSSR count). The van der Waals surface area contributed by atoms with E-state index in [1.165, 1.54) is 5.56 Å². The van der Waals surface area contributed by atoms with Crippen LogP contribution in [0.1, 0.15) is 17.5 Å². The fraction of sp³-hybridized carbons (Fsp3) is 0.167. The molecule has 0 spiro atoms. The van der Waals surface area contributed by atoms with E-state index in [0.29, 0.717) is 0 Å². The lowest BCUT2D eigenvalue weighted by atomic mass is 10.1. The molecule has 0 aliphatic carbocycles. The molecule has 0 saturated carbocycles. The number of allylic oxidation sites excluding steroid dienone is 1. The summed E-state index contributed by atoms with van der Waals surface area (Å²) in [5.41, 5.74) is 3.19. The van der Waals surface area contributed by atoms with Crippen molar-refractivity contribution < 1.29 is 0 Å². The van der Waals surface area contributed by atoms with Gasteiger partial charge in [-0.2, -0.15) is 0 Å². The van der Waals surface area contributed by atoms with Crippen LogP contribution in [-0.4, -0.2) is 12.4 Å². The van der Waals surface area contributed by atoms with Crippen LogP contribution in [0.5, 0.6) is 0 Å². The molecule has 0 bridgehead atoms. The number of benzene rings is 1. The Morgan fingerprint density at radius 3 is 3.00 bits per heavy atom. The quantitative estimate of drug-likeness (QED) is 0.592. The molecule has 0 fully saturated rings. The van der Waals surface area contributed by atoms with Crippen LogP contribution in [0.2, 0.25) is 0 Å². The third-order valence-corrected chi connectivity index (χ3v) is 2.16. The maximum absolute atomic E-state index is 4.32. The molecule has 0 unspecified atom stereocenters. The predicted octanol–water partition coefficient (Wildman–Crippen LogP) is 2.59. The van der Waals surface area contributed by atoms with Gasteiger partial charge in [-0.3, -0.25) is 9.98 Å². The van der Waals surface area contributed by atoms with E-state index in [2.05, 4.69) is 22.6 Å². The molecule has 2 nitrogen and oxygen atoms in total. The largest absolute Gasteiger partial charge is 0.292 e. The number of aliphatic imine (C=N–C) groups is 2. The third-order valence-electron chi connectivity index (χ3n) is 2.16. The van der Waals surface area contributed by atoms with Crippen LogP contribution in [-0.2, 0) is 6.54 Å². The summed E-state index contributed by atoms with van der Waals surface area (Å²) in [6.07, 6.45) is 4.48. The van der Waals surface area contributed by atoms with Gasteiger partial charge in [0.2, 0.25) is 0 Å². The van der Waals surface area contributed by atoms with Gasteiger partial charge >= 0.3 is 0 Å². The Hall–Kier alpha value is -1.70. The van der Waals surface area contributed by atoms with Crippen molar-refractivity contribution in [1.29, 1.82) is 0 Å². The molecule has 1 aliphatic rings. The maximum atomic E-state index is 4.32. The van der Waals surface area contributed by atoms with E-state index >= 15 is 0 Å². The van der Waals surface area contributed by atoms with E-state index in [-0.39, 0.29) is 0 Å². The van der Waals surface area contributed by atoms with E-state index < -0.39 is 0 Å². The number of hydrogen-bond acceptors (Lipinski definition) is 2. The molecule has 1 heterocycles. The van der Waals surface area contributed by atoms with Crippen molar-refractivity contribution in [3.05, 3.63) is 47.7 Å². The summed E-state index contributed by atoms with van der Waals surface area (Å²) in [6.45, 7) is 4.57. The molecular weight excluding hydrogens is 172 g/mol. The van der Waals surface area contributed by atoms with Crippen molar-refractivity contribution in [2.75, 3.05) is 0 Å². The van der Waals surface area contributed by atoms with Crippen LogP contribution >= 0.6 is 0 Å². The number of rotatable bonds is 0. The smallest absolute Gasteiger partial charge is 0.0642 e. The second-order valence-corrected chi connectivity index (χ2v) is 3.25. The average molecular weight is 184 g/mol. The van der Waals surface area contributed by atoms with E-state index in [1.54, 1.807) is 0 Å². The van der Waals surface area contributed by atoms with E-state index in [1.807, 2.05) is 30.6 Å². The van der Waals surface area contributed by atoms with Gasteiger partial charge in [0, 0.05) is 24.5 Å². The Morgan fingerprint density at radius 1 is 1.21 bits per heavy atom. The fourth-order valence-corrected chi connectivity index (χ4v) is 1.35. The minimum atomic E-state index is 0.732. The first-order chi connectivity index (χ1) is 6.86. The Morgan fingerprint density at radius 2 is 2.07 bits per heavy atom. The lowest BCUT2D eigenvalue weighted by Gasteiger charge is -2.00. The number of hydrogen-bond donors (Lipinski definition) is 0. The summed E-state index contributed by atoms with van der Waals surface area (Å²) in [4.78, 5) is 8.59. The topological polar surface area (TPSA) is 24.7 Å². The van der Waals surface area contributed by atoms with Crippen LogP contribution in [0.25, 0.3) is 0 Å². The number of fused-ring (bicyclic) bond motifs is 1. The zero-order valence-corrected chi connectivity index (χ0v) is 7.98. The molecule has 1 aromatic rings. The lowest BCUT2D eigenvalue weighted by molar-refractivity contribution is 1.07. The van der Waals surface area contributed by atoms with E-state index in [9.17, 15) is 0 Å². The Balaban J connectivity index is 2.42. The summed E-state index contributed by atoms with van der Waals surface area (Å²) in [5, 5.41) is 0. The van der Waals surface area contributed by atoms with E-state index in [4.69, 9.17) is 0 Å². The molecule has 0 aromatic heterocycles. The summed E-state index contributed by atoms with van der Waals surface area (Å²) < 4.78 is 0. The highest BCUT2D eigenvalue weighted by Gasteiger charge is 1.99. The highest BCUT2D eigenvalue weighted by Crippen LogP contribution is 2.10. The predicted molar refractivity (Wildman–Crippen MR) is 60.0 cm³/mol. The van der Waals surface area contributed by atoms with Crippen molar-refractivity contribution >= 4 is 12.4 Å². The highest BCUT2D eigenvalue weighted by atomic mass is 14.8. The van der Waals surface area contributed by atoms with Crippen molar-refractivity contribution in [1.82, 2.24) is 0 Å². The van der Waals surface area contributed by atoms with Gasteiger partial charge in [-0.15, -0.1) is 0 Å². The van der Waals surface area contributed by atoms with Crippen molar-refractivity contribution in [3.8, 4) is 0 Å². The second-order valence-electron chi connectivity index (χ2n) is 3.25. The summed E-state index contributed by atoms with van der Waals surface area (Å²) in [5.74, 6) is 0. The van der Waals surface area contributed by atoms with Gasteiger partial charge in [-0.25, -0.2) is 0 Å². The third kappa shape index (κ3) is 1.96. The second kappa shape index (κ2) is 4.01. The minimum absolute atomic E-state index is 0.732. The van der Waals surface area contributed by atoms with Gasteiger partial charge in [0.15, 0.2) is 0 Å². The van der Waals surface area contributed by atoms with Crippen molar-refractivity contribution in [2.24, 2.45) is 9.98 Å². The maximum Gasteiger partial charge on any atom is 0.0642 e. The van der Waals surface area contributed by atoms with Crippen LogP contribution < -0.4 is 0 Å². The first kappa shape index (κ1) is 8.88. The zero-order chi connectivity index (χ0) is 9.80. The minimum Gasteiger partial charge on any atom is -0.292 e. The molecule has 0 N–H and O–H groups in total. The zero-order valence-electron chi connectivity index (χ0n) is 7.98.